The Morgan fingerprint density at radius 2 is 1.91 bits per heavy atom. The van der Waals surface area contributed by atoms with Crippen molar-refractivity contribution >= 4 is 6.03 Å². The first-order chi connectivity index (χ1) is 10.9. The molecule has 124 valence electrons. The van der Waals surface area contributed by atoms with Gasteiger partial charge in [0.25, 0.3) is 0 Å². The molecule has 0 aliphatic carbocycles. The molecule has 0 unspecified atom stereocenters. The Balaban J connectivity index is 1.94. The van der Waals surface area contributed by atoms with E-state index in [1.54, 1.807) is 7.05 Å². The first-order valence-electron chi connectivity index (χ1n) is 7.77. The molecule has 0 saturated carbocycles. The number of urea groups is 1. The van der Waals surface area contributed by atoms with Gasteiger partial charge in [-0.1, -0.05) is 29.8 Å². The van der Waals surface area contributed by atoms with Crippen LogP contribution in [0.1, 0.15) is 40.9 Å². The van der Waals surface area contributed by atoms with Crippen LogP contribution in [0, 0.1) is 20.8 Å². The fraction of sp³-hybridized carbons (Fsp3) is 0.471. The van der Waals surface area contributed by atoms with Gasteiger partial charge in [-0.25, -0.2) is 4.79 Å². The second kappa shape index (κ2) is 7.26. The Labute approximate surface area is 136 Å². The number of amides is 2. The van der Waals surface area contributed by atoms with Crippen LogP contribution in [0.5, 0.6) is 0 Å². The van der Waals surface area contributed by atoms with Gasteiger partial charge >= 0.3 is 6.03 Å². The monoisotopic (exact) mass is 316 g/mol. The average Bonchev–Trinajstić information content (AvgIpc) is 2.93. The van der Waals surface area contributed by atoms with Gasteiger partial charge in [-0.15, -0.1) is 0 Å². The molecule has 23 heavy (non-hydrogen) atoms. The molecule has 6 nitrogen and oxygen atoms in total. The molecule has 0 fully saturated rings. The molecule has 2 amide bonds. The third-order valence-corrected chi connectivity index (χ3v) is 3.80. The van der Waals surface area contributed by atoms with Crippen LogP contribution >= 0.6 is 0 Å². The Morgan fingerprint density at radius 3 is 2.48 bits per heavy atom. The van der Waals surface area contributed by atoms with Crippen LogP contribution < -0.4 is 5.32 Å². The molecule has 0 bridgehead atoms. The molecule has 0 atom stereocenters. The van der Waals surface area contributed by atoms with Crippen molar-refractivity contribution in [3.05, 3.63) is 46.1 Å². The minimum absolute atomic E-state index is 0.166. The lowest BCUT2D eigenvalue weighted by Crippen LogP contribution is -2.36. The highest BCUT2D eigenvalue weighted by molar-refractivity contribution is 5.73. The predicted molar refractivity (Wildman–Crippen MR) is 88.0 cm³/mol. The summed E-state index contributed by atoms with van der Waals surface area (Å²) in [7, 11) is 1.71. The minimum atomic E-state index is -0.166. The number of carbonyl (C=O) groups is 1. The van der Waals surface area contributed by atoms with Crippen molar-refractivity contribution < 1.29 is 9.32 Å². The number of hydrogen-bond acceptors (Lipinski definition) is 4. The Bertz CT molecular complexity index is 671. The van der Waals surface area contributed by atoms with E-state index in [9.17, 15) is 4.79 Å². The molecule has 1 aromatic carbocycles. The topological polar surface area (TPSA) is 71.3 Å². The Kier molecular flexibility index (Phi) is 5.36. The van der Waals surface area contributed by atoms with Crippen molar-refractivity contribution in [3.8, 4) is 0 Å². The summed E-state index contributed by atoms with van der Waals surface area (Å²) in [6.45, 7) is 8.96. The fourth-order valence-electron chi connectivity index (χ4n) is 2.56. The van der Waals surface area contributed by atoms with Gasteiger partial charge in [-0.2, -0.15) is 4.98 Å². The molecule has 0 aliphatic rings. The molecule has 6 heteroatoms. The van der Waals surface area contributed by atoms with E-state index < -0.39 is 0 Å². The van der Waals surface area contributed by atoms with Crippen molar-refractivity contribution in [2.75, 3.05) is 7.05 Å². The predicted octanol–water partition coefficient (Wildman–Crippen LogP) is 2.90. The summed E-state index contributed by atoms with van der Waals surface area (Å²) in [4.78, 5) is 18.0. The second-order valence-corrected chi connectivity index (χ2v) is 5.85. The van der Waals surface area contributed by atoms with E-state index in [4.69, 9.17) is 4.52 Å². The van der Waals surface area contributed by atoms with Crippen LogP contribution in [0.25, 0.3) is 0 Å². The summed E-state index contributed by atoms with van der Waals surface area (Å²) >= 11 is 0. The van der Waals surface area contributed by atoms with E-state index >= 15 is 0 Å². The van der Waals surface area contributed by atoms with E-state index in [0.717, 1.165) is 5.56 Å². The van der Waals surface area contributed by atoms with Crippen molar-refractivity contribution in [1.29, 1.82) is 0 Å². The van der Waals surface area contributed by atoms with Gasteiger partial charge in [0.15, 0.2) is 5.82 Å². The lowest BCUT2D eigenvalue weighted by Gasteiger charge is -2.17. The van der Waals surface area contributed by atoms with Crippen LogP contribution in [0.4, 0.5) is 4.79 Å². The zero-order valence-electron chi connectivity index (χ0n) is 14.4. The molecule has 1 aromatic heterocycles. The molecule has 0 saturated heterocycles. The van der Waals surface area contributed by atoms with Gasteiger partial charge in [0.1, 0.15) is 6.54 Å². The maximum Gasteiger partial charge on any atom is 0.317 e. The third kappa shape index (κ3) is 4.31. The lowest BCUT2D eigenvalue weighted by atomic mass is 10.00. The van der Waals surface area contributed by atoms with Gasteiger partial charge < -0.3 is 14.7 Å². The summed E-state index contributed by atoms with van der Waals surface area (Å²) in [5, 5.41) is 6.77. The van der Waals surface area contributed by atoms with Gasteiger partial charge in [0.05, 0.1) is 0 Å². The molecule has 0 aliphatic heterocycles. The van der Waals surface area contributed by atoms with E-state index in [0.29, 0.717) is 31.2 Å². The summed E-state index contributed by atoms with van der Waals surface area (Å²) in [5.74, 6) is 1.10. The third-order valence-electron chi connectivity index (χ3n) is 3.80. The highest BCUT2D eigenvalue weighted by Gasteiger charge is 2.14. The molecule has 0 spiro atoms. The molecule has 2 rings (SSSR count). The first-order valence-corrected chi connectivity index (χ1v) is 7.77. The fourth-order valence-corrected chi connectivity index (χ4v) is 2.56. The van der Waals surface area contributed by atoms with Crippen molar-refractivity contribution in [2.24, 2.45) is 0 Å². The number of nitrogens with zero attached hydrogens (tertiary/aromatic N) is 3. The normalized spacial score (nSPS) is 10.7. The van der Waals surface area contributed by atoms with E-state index in [-0.39, 0.29) is 6.03 Å². The maximum absolute atomic E-state index is 12.2. The zero-order valence-corrected chi connectivity index (χ0v) is 14.4. The minimum Gasteiger partial charge on any atom is -0.337 e. The second-order valence-electron chi connectivity index (χ2n) is 5.85. The number of aromatic nitrogens is 2. The van der Waals surface area contributed by atoms with E-state index in [1.165, 1.54) is 21.6 Å². The number of rotatable bonds is 5. The smallest absolute Gasteiger partial charge is 0.317 e. The van der Waals surface area contributed by atoms with E-state index in [2.05, 4.69) is 48.4 Å². The van der Waals surface area contributed by atoms with Crippen molar-refractivity contribution in [1.82, 2.24) is 20.4 Å². The van der Waals surface area contributed by atoms with Gasteiger partial charge in [-0.3, -0.25) is 0 Å². The number of carbonyl (C=O) groups excluding carboxylic acids is 1. The van der Waals surface area contributed by atoms with Crippen molar-refractivity contribution in [3.63, 3.8) is 0 Å². The van der Waals surface area contributed by atoms with Gasteiger partial charge in [0.2, 0.25) is 5.89 Å². The summed E-state index contributed by atoms with van der Waals surface area (Å²) in [5.41, 5.74) is 4.77. The zero-order chi connectivity index (χ0) is 17.0. The van der Waals surface area contributed by atoms with E-state index in [1.807, 2.05) is 6.92 Å². The number of hydrogen-bond donors (Lipinski definition) is 1. The SMILES string of the molecule is CCc1noc(CN(C)C(=O)NCc2c(C)cc(C)cc2C)n1. The molecular formula is C17H24N4O2. The highest BCUT2D eigenvalue weighted by atomic mass is 16.5. The van der Waals surface area contributed by atoms with Crippen LogP contribution in [0.3, 0.4) is 0 Å². The standard InChI is InChI=1S/C17H24N4O2/c1-6-15-19-16(23-20-15)10-21(5)17(22)18-9-14-12(3)7-11(2)8-13(14)4/h7-8H,6,9-10H2,1-5H3,(H,18,22). The average molecular weight is 316 g/mol. The molecular weight excluding hydrogens is 292 g/mol. The van der Waals surface area contributed by atoms with Gasteiger partial charge in [0, 0.05) is 20.0 Å². The van der Waals surface area contributed by atoms with Crippen LogP contribution in [-0.2, 0) is 19.5 Å². The molecule has 2 aromatic rings. The lowest BCUT2D eigenvalue weighted by molar-refractivity contribution is 0.199. The van der Waals surface area contributed by atoms with Crippen LogP contribution in [0.2, 0.25) is 0 Å². The Hall–Kier alpha value is -2.37. The summed E-state index contributed by atoms with van der Waals surface area (Å²) in [6, 6.07) is 4.09. The van der Waals surface area contributed by atoms with Crippen molar-refractivity contribution in [2.45, 2.75) is 47.2 Å². The summed E-state index contributed by atoms with van der Waals surface area (Å²) in [6.07, 6.45) is 0.714. The van der Waals surface area contributed by atoms with Crippen LogP contribution in [0.15, 0.2) is 16.7 Å². The number of aryl methyl sites for hydroxylation is 4. The Morgan fingerprint density at radius 1 is 1.26 bits per heavy atom. The number of nitrogens with one attached hydrogen (secondary N) is 1. The first kappa shape index (κ1) is 17.0. The quantitative estimate of drug-likeness (QED) is 0.920. The molecule has 0 radical (unpaired) electrons. The van der Waals surface area contributed by atoms with Gasteiger partial charge in [-0.05, 0) is 37.5 Å². The summed E-state index contributed by atoms with van der Waals surface area (Å²) < 4.78 is 5.11. The largest absolute Gasteiger partial charge is 0.337 e. The maximum atomic E-state index is 12.2. The van der Waals surface area contributed by atoms with Crippen LogP contribution in [-0.4, -0.2) is 28.1 Å². The molecule has 1 N–H and O–H groups in total. The molecule has 1 heterocycles. The highest BCUT2D eigenvalue weighted by Crippen LogP contribution is 2.16. The number of benzene rings is 1.